The maximum Gasteiger partial charge on any atom is 0.205 e. The van der Waals surface area contributed by atoms with Crippen LogP contribution in [0.4, 0.5) is 5.13 Å². The summed E-state index contributed by atoms with van der Waals surface area (Å²) in [6.07, 6.45) is 0.924. The zero-order chi connectivity index (χ0) is 11.8. The van der Waals surface area contributed by atoms with Crippen LogP contribution in [-0.4, -0.2) is 46.5 Å². The average molecular weight is 240 g/mol. The summed E-state index contributed by atoms with van der Waals surface area (Å²) in [6, 6.07) is 0. The minimum absolute atomic E-state index is 0.219. The smallest absolute Gasteiger partial charge is 0.205 e. The Morgan fingerprint density at radius 3 is 2.69 bits per heavy atom. The van der Waals surface area contributed by atoms with Gasteiger partial charge in [-0.3, -0.25) is 4.90 Å². The molecule has 0 amide bonds. The maximum absolute atomic E-state index is 4.56. The number of aryl methyl sites for hydroxylation is 1. The Morgan fingerprint density at radius 1 is 1.38 bits per heavy atom. The summed E-state index contributed by atoms with van der Waals surface area (Å²) in [5.74, 6) is 0.969. The van der Waals surface area contributed by atoms with Gasteiger partial charge >= 0.3 is 0 Å². The van der Waals surface area contributed by atoms with Crippen molar-refractivity contribution >= 4 is 16.7 Å². The average Bonchev–Trinajstić information content (AvgIpc) is 2.70. The lowest BCUT2D eigenvalue weighted by Crippen LogP contribution is -2.57. The van der Waals surface area contributed by atoms with Gasteiger partial charge in [-0.1, -0.05) is 6.92 Å². The summed E-state index contributed by atoms with van der Waals surface area (Å²) in [6.45, 7) is 9.83. The molecule has 1 aliphatic rings. The van der Waals surface area contributed by atoms with Gasteiger partial charge in [0.25, 0.3) is 0 Å². The van der Waals surface area contributed by atoms with Crippen LogP contribution in [0.2, 0.25) is 0 Å². The first-order valence-corrected chi connectivity index (χ1v) is 6.59. The molecule has 1 aromatic rings. The summed E-state index contributed by atoms with van der Waals surface area (Å²) in [5, 5.41) is 1.08. The van der Waals surface area contributed by atoms with Crippen LogP contribution in [-0.2, 0) is 6.42 Å². The topological polar surface area (TPSA) is 32.3 Å². The van der Waals surface area contributed by atoms with Crippen LogP contribution in [0, 0.1) is 0 Å². The van der Waals surface area contributed by atoms with E-state index in [0.29, 0.717) is 0 Å². The van der Waals surface area contributed by atoms with E-state index in [0.717, 1.165) is 37.0 Å². The number of anilines is 1. The molecule has 2 rings (SSSR count). The predicted octanol–water partition coefficient (Wildman–Crippen LogP) is 1.63. The van der Waals surface area contributed by atoms with Gasteiger partial charge in [0, 0.05) is 43.1 Å². The van der Waals surface area contributed by atoms with Crippen molar-refractivity contribution in [3.63, 3.8) is 0 Å². The van der Waals surface area contributed by atoms with Crippen LogP contribution in [0.3, 0.4) is 0 Å². The third-order valence-electron chi connectivity index (χ3n) is 3.36. The molecule has 16 heavy (non-hydrogen) atoms. The molecule has 0 bridgehead atoms. The second kappa shape index (κ2) is 4.30. The van der Waals surface area contributed by atoms with Crippen LogP contribution < -0.4 is 4.90 Å². The second-order valence-electron chi connectivity index (χ2n) is 5.00. The third kappa shape index (κ3) is 2.20. The highest BCUT2D eigenvalue weighted by atomic mass is 32.1. The number of rotatable bonds is 2. The lowest BCUT2D eigenvalue weighted by molar-refractivity contribution is 0.139. The molecule has 0 aromatic carbocycles. The molecule has 90 valence electrons. The van der Waals surface area contributed by atoms with Crippen LogP contribution in [0.1, 0.15) is 26.6 Å². The van der Waals surface area contributed by atoms with Crippen LogP contribution in [0.15, 0.2) is 0 Å². The Hall–Kier alpha value is -0.680. The Morgan fingerprint density at radius 2 is 2.12 bits per heavy atom. The maximum atomic E-state index is 4.56. The minimum Gasteiger partial charge on any atom is -0.344 e. The van der Waals surface area contributed by atoms with E-state index in [9.17, 15) is 0 Å². The van der Waals surface area contributed by atoms with Crippen molar-refractivity contribution < 1.29 is 0 Å². The molecular weight excluding hydrogens is 220 g/mol. The Bertz CT molecular complexity index is 361. The molecule has 0 N–H and O–H groups in total. The zero-order valence-corrected chi connectivity index (χ0v) is 11.3. The van der Waals surface area contributed by atoms with Gasteiger partial charge in [-0.2, -0.15) is 4.37 Å². The first kappa shape index (κ1) is 11.8. The van der Waals surface area contributed by atoms with Crippen molar-refractivity contribution in [1.29, 1.82) is 0 Å². The van der Waals surface area contributed by atoms with Crippen molar-refractivity contribution in [3.05, 3.63) is 5.82 Å². The molecule has 0 spiro atoms. The molecule has 0 unspecified atom stereocenters. The molecule has 5 heteroatoms. The first-order valence-electron chi connectivity index (χ1n) is 5.81. The molecule has 1 aromatic heterocycles. The van der Waals surface area contributed by atoms with E-state index in [4.69, 9.17) is 0 Å². The zero-order valence-electron chi connectivity index (χ0n) is 10.5. The number of likely N-dealkylation sites (N-methyl/N-ethyl adjacent to an activating group) is 1. The van der Waals surface area contributed by atoms with Crippen LogP contribution in [0.25, 0.3) is 0 Å². The van der Waals surface area contributed by atoms with Gasteiger partial charge in [0.2, 0.25) is 5.13 Å². The monoisotopic (exact) mass is 240 g/mol. The van der Waals surface area contributed by atoms with Gasteiger partial charge in [0.05, 0.1) is 0 Å². The first-order chi connectivity index (χ1) is 7.53. The molecule has 0 saturated carbocycles. The van der Waals surface area contributed by atoms with E-state index in [-0.39, 0.29) is 5.54 Å². The molecule has 1 saturated heterocycles. The fourth-order valence-corrected chi connectivity index (χ4v) is 2.69. The second-order valence-corrected chi connectivity index (χ2v) is 5.73. The molecule has 0 aliphatic carbocycles. The summed E-state index contributed by atoms with van der Waals surface area (Å²) >= 11 is 1.53. The molecule has 1 fully saturated rings. The third-order valence-corrected chi connectivity index (χ3v) is 4.18. The SMILES string of the molecule is CCc1nsc(N2CCN(C)C(C)(C)C2)n1. The Balaban J connectivity index is 2.11. The summed E-state index contributed by atoms with van der Waals surface area (Å²) in [4.78, 5) is 9.32. The number of piperazine rings is 1. The fraction of sp³-hybridized carbons (Fsp3) is 0.818. The molecule has 2 heterocycles. The van der Waals surface area contributed by atoms with Gasteiger partial charge < -0.3 is 4.90 Å². The van der Waals surface area contributed by atoms with Gasteiger partial charge in [0.1, 0.15) is 5.82 Å². The van der Waals surface area contributed by atoms with E-state index in [2.05, 4.69) is 47.0 Å². The summed E-state index contributed by atoms with van der Waals surface area (Å²) in [5.41, 5.74) is 0.219. The Labute approximate surface area is 101 Å². The summed E-state index contributed by atoms with van der Waals surface area (Å²) in [7, 11) is 2.19. The largest absolute Gasteiger partial charge is 0.344 e. The van der Waals surface area contributed by atoms with Crippen LogP contribution >= 0.6 is 11.5 Å². The van der Waals surface area contributed by atoms with E-state index in [1.807, 2.05) is 0 Å². The van der Waals surface area contributed by atoms with Crippen molar-refractivity contribution in [3.8, 4) is 0 Å². The quantitative estimate of drug-likeness (QED) is 0.786. The van der Waals surface area contributed by atoms with Gasteiger partial charge in [-0.25, -0.2) is 4.98 Å². The van der Waals surface area contributed by atoms with Gasteiger partial charge in [-0.15, -0.1) is 0 Å². The lowest BCUT2D eigenvalue weighted by Gasteiger charge is -2.45. The highest BCUT2D eigenvalue weighted by Crippen LogP contribution is 2.25. The number of hydrogen-bond donors (Lipinski definition) is 0. The molecule has 0 atom stereocenters. The van der Waals surface area contributed by atoms with E-state index in [1.165, 1.54) is 11.5 Å². The van der Waals surface area contributed by atoms with Gasteiger partial charge in [-0.05, 0) is 20.9 Å². The lowest BCUT2D eigenvalue weighted by atomic mass is 10.0. The van der Waals surface area contributed by atoms with Crippen LogP contribution in [0.5, 0.6) is 0 Å². The number of hydrogen-bond acceptors (Lipinski definition) is 5. The minimum atomic E-state index is 0.219. The fourth-order valence-electron chi connectivity index (χ4n) is 1.92. The molecule has 0 radical (unpaired) electrons. The molecule has 4 nitrogen and oxygen atoms in total. The van der Waals surface area contributed by atoms with Crippen molar-refractivity contribution in [1.82, 2.24) is 14.3 Å². The van der Waals surface area contributed by atoms with E-state index < -0.39 is 0 Å². The van der Waals surface area contributed by atoms with E-state index >= 15 is 0 Å². The number of aromatic nitrogens is 2. The predicted molar refractivity (Wildman–Crippen MR) is 68.2 cm³/mol. The van der Waals surface area contributed by atoms with Crippen molar-refractivity contribution in [2.45, 2.75) is 32.7 Å². The van der Waals surface area contributed by atoms with Crippen molar-refractivity contribution in [2.75, 3.05) is 31.6 Å². The Kier molecular flexibility index (Phi) is 3.17. The standard InChI is InChI=1S/C11H20N4S/c1-5-9-12-10(16-13-9)15-7-6-14(4)11(2,3)8-15/h5-8H2,1-4H3. The molecule has 1 aliphatic heterocycles. The number of nitrogens with zero attached hydrogens (tertiary/aromatic N) is 4. The highest BCUT2D eigenvalue weighted by molar-refractivity contribution is 7.09. The summed E-state index contributed by atoms with van der Waals surface area (Å²) < 4.78 is 4.35. The van der Waals surface area contributed by atoms with Crippen molar-refractivity contribution in [2.24, 2.45) is 0 Å². The normalized spacial score (nSPS) is 21.4. The highest BCUT2D eigenvalue weighted by Gasteiger charge is 2.32. The van der Waals surface area contributed by atoms with E-state index in [1.54, 1.807) is 0 Å². The van der Waals surface area contributed by atoms with Gasteiger partial charge in [0.15, 0.2) is 0 Å². The molecular formula is C11H20N4S.